The fourth-order valence-corrected chi connectivity index (χ4v) is 5.82. The van der Waals surface area contributed by atoms with Crippen molar-refractivity contribution in [3.8, 4) is 0 Å². The molecule has 1 nitrogen and oxygen atoms in total. The normalized spacial score (nSPS) is 57.6. The van der Waals surface area contributed by atoms with Gasteiger partial charge in [0.15, 0.2) is 0 Å². The van der Waals surface area contributed by atoms with Gasteiger partial charge >= 0.3 is 0 Å². The average molecular weight is 221 g/mol. The van der Waals surface area contributed by atoms with Gasteiger partial charge in [-0.3, -0.25) is 0 Å². The first-order valence-corrected chi connectivity index (χ1v) is 6.84. The molecule has 0 aromatic rings. The van der Waals surface area contributed by atoms with Gasteiger partial charge in [-0.1, -0.05) is 27.7 Å². The van der Waals surface area contributed by atoms with Gasteiger partial charge in [-0.25, -0.2) is 0 Å². The second-order valence-electron chi connectivity index (χ2n) is 8.23. The minimum atomic E-state index is 0.470. The molecule has 0 aromatic carbocycles. The maximum absolute atomic E-state index is 2.56. The van der Waals surface area contributed by atoms with Crippen LogP contribution in [0.4, 0.5) is 0 Å². The first-order valence-electron chi connectivity index (χ1n) is 6.84. The molecule has 4 rings (SSSR count). The van der Waals surface area contributed by atoms with Crippen LogP contribution in [0.25, 0.3) is 0 Å². The van der Waals surface area contributed by atoms with E-state index in [4.69, 9.17) is 0 Å². The van der Waals surface area contributed by atoms with Crippen molar-refractivity contribution in [2.45, 2.75) is 58.9 Å². The molecule has 2 unspecified atom stereocenters. The zero-order valence-corrected chi connectivity index (χ0v) is 11.9. The highest BCUT2D eigenvalue weighted by Gasteiger charge is 2.74. The van der Waals surface area contributed by atoms with Gasteiger partial charge < -0.3 is 4.90 Å². The fourth-order valence-electron chi connectivity index (χ4n) is 5.82. The van der Waals surface area contributed by atoms with Crippen LogP contribution in [0.3, 0.4) is 0 Å². The zero-order valence-electron chi connectivity index (χ0n) is 11.9. The number of nitrogens with zero attached hydrogens (tertiary/aromatic N) is 1. The lowest BCUT2D eigenvalue weighted by molar-refractivity contribution is -0.0711. The van der Waals surface area contributed by atoms with Crippen LogP contribution >= 0.6 is 0 Å². The Labute approximate surface area is 101 Å². The van der Waals surface area contributed by atoms with Crippen molar-refractivity contribution >= 4 is 0 Å². The summed E-state index contributed by atoms with van der Waals surface area (Å²) in [6.07, 6.45) is 5.80. The Kier molecular flexibility index (Phi) is 1.75. The van der Waals surface area contributed by atoms with Gasteiger partial charge in [-0.15, -0.1) is 0 Å². The van der Waals surface area contributed by atoms with E-state index in [1.807, 2.05) is 0 Å². The SMILES string of the molecule is CN(C)C12C[C@]3(C)CC(C[C@]3(C)C1)C2(C)C. The van der Waals surface area contributed by atoms with Crippen molar-refractivity contribution in [1.29, 1.82) is 0 Å². The number of hydrogen-bond donors (Lipinski definition) is 0. The Bertz CT molecular complexity index is 323. The van der Waals surface area contributed by atoms with Gasteiger partial charge in [0.2, 0.25) is 0 Å². The van der Waals surface area contributed by atoms with E-state index in [1.54, 1.807) is 0 Å². The summed E-state index contributed by atoms with van der Waals surface area (Å²) >= 11 is 0. The molecule has 4 saturated carbocycles. The minimum absolute atomic E-state index is 0.470. The predicted octanol–water partition coefficient (Wildman–Crippen LogP) is 3.54. The third kappa shape index (κ3) is 0.868. The van der Waals surface area contributed by atoms with E-state index >= 15 is 0 Å². The van der Waals surface area contributed by atoms with Crippen molar-refractivity contribution in [2.24, 2.45) is 22.2 Å². The Morgan fingerprint density at radius 3 is 1.69 bits per heavy atom. The van der Waals surface area contributed by atoms with Gasteiger partial charge in [0.05, 0.1) is 0 Å². The van der Waals surface area contributed by atoms with Crippen LogP contribution in [0.2, 0.25) is 0 Å². The van der Waals surface area contributed by atoms with Crippen LogP contribution < -0.4 is 0 Å². The highest BCUT2D eigenvalue weighted by atomic mass is 15.2. The monoisotopic (exact) mass is 221 g/mol. The molecular weight excluding hydrogens is 194 g/mol. The molecule has 4 bridgehead atoms. The molecule has 0 spiro atoms. The highest BCUT2D eigenvalue weighted by molar-refractivity contribution is 5.26. The zero-order chi connectivity index (χ0) is 12.0. The Hall–Kier alpha value is -0.0400. The first-order chi connectivity index (χ1) is 7.17. The summed E-state index contributed by atoms with van der Waals surface area (Å²) in [5.74, 6) is 0.951. The minimum Gasteiger partial charge on any atom is -0.303 e. The summed E-state index contributed by atoms with van der Waals surface area (Å²) in [4.78, 5) is 2.56. The average Bonchev–Trinajstić information content (AvgIpc) is 2.44. The summed E-state index contributed by atoms with van der Waals surface area (Å²) < 4.78 is 0. The van der Waals surface area contributed by atoms with E-state index in [1.165, 1.54) is 25.7 Å². The van der Waals surface area contributed by atoms with Crippen molar-refractivity contribution < 1.29 is 0 Å². The first kappa shape index (κ1) is 11.1. The summed E-state index contributed by atoms with van der Waals surface area (Å²) in [7, 11) is 4.61. The summed E-state index contributed by atoms with van der Waals surface area (Å²) in [5.41, 5.74) is 2.22. The van der Waals surface area contributed by atoms with E-state index in [-0.39, 0.29) is 0 Å². The van der Waals surface area contributed by atoms with Crippen LogP contribution in [-0.4, -0.2) is 24.5 Å². The van der Waals surface area contributed by atoms with Gasteiger partial charge in [0.1, 0.15) is 0 Å². The molecule has 4 aliphatic rings. The molecule has 0 saturated heterocycles. The molecule has 4 fully saturated rings. The second kappa shape index (κ2) is 2.53. The van der Waals surface area contributed by atoms with Crippen molar-refractivity contribution in [3.63, 3.8) is 0 Å². The van der Waals surface area contributed by atoms with E-state index in [9.17, 15) is 0 Å². The summed E-state index contributed by atoms with van der Waals surface area (Å²) in [6.45, 7) is 10.2. The predicted molar refractivity (Wildman–Crippen MR) is 68.4 cm³/mol. The Morgan fingerprint density at radius 1 is 0.875 bits per heavy atom. The molecule has 0 radical (unpaired) electrons. The quantitative estimate of drug-likeness (QED) is 0.654. The molecule has 92 valence electrons. The van der Waals surface area contributed by atoms with Crippen LogP contribution in [0.15, 0.2) is 0 Å². The van der Waals surface area contributed by atoms with Crippen LogP contribution in [0.5, 0.6) is 0 Å². The Morgan fingerprint density at radius 2 is 1.31 bits per heavy atom. The van der Waals surface area contributed by atoms with Gasteiger partial charge in [-0.2, -0.15) is 0 Å². The standard InChI is InChI=1S/C15H27N/c1-12(2)11-7-13(3)9-15(12,16(5)6)10-14(13,4)8-11/h11H,7-10H2,1-6H3/t11?,13-,14+,15?. The number of rotatable bonds is 1. The van der Waals surface area contributed by atoms with Crippen LogP contribution in [0.1, 0.15) is 53.4 Å². The maximum Gasteiger partial charge on any atom is 0.0267 e. The number of hydrogen-bond acceptors (Lipinski definition) is 1. The third-order valence-corrected chi connectivity index (χ3v) is 7.29. The molecule has 0 aliphatic heterocycles. The van der Waals surface area contributed by atoms with Crippen LogP contribution in [0, 0.1) is 22.2 Å². The second-order valence-corrected chi connectivity index (χ2v) is 8.23. The molecule has 4 aliphatic carbocycles. The highest BCUT2D eigenvalue weighted by Crippen LogP contribution is 2.78. The lowest BCUT2D eigenvalue weighted by atomic mass is 9.55. The summed E-state index contributed by atoms with van der Waals surface area (Å²) in [6, 6.07) is 0. The molecular formula is C15H27N. The smallest absolute Gasteiger partial charge is 0.0267 e. The lowest BCUT2D eigenvalue weighted by Gasteiger charge is -2.58. The van der Waals surface area contributed by atoms with Gasteiger partial charge in [-0.05, 0) is 61.9 Å². The molecule has 0 amide bonds. The molecule has 16 heavy (non-hydrogen) atoms. The van der Waals surface area contributed by atoms with Crippen molar-refractivity contribution in [2.75, 3.05) is 14.1 Å². The lowest BCUT2D eigenvalue weighted by Crippen LogP contribution is -2.60. The summed E-state index contributed by atoms with van der Waals surface area (Å²) in [5, 5.41) is 0. The van der Waals surface area contributed by atoms with Gasteiger partial charge in [0.25, 0.3) is 0 Å². The molecule has 4 atom stereocenters. The maximum atomic E-state index is 2.56. The van der Waals surface area contributed by atoms with Crippen LogP contribution in [-0.2, 0) is 0 Å². The molecule has 1 heteroatoms. The van der Waals surface area contributed by atoms with E-state index < -0.39 is 0 Å². The van der Waals surface area contributed by atoms with Crippen molar-refractivity contribution in [1.82, 2.24) is 4.90 Å². The van der Waals surface area contributed by atoms with E-state index in [2.05, 4.69) is 46.7 Å². The molecule has 0 N–H and O–H groups in total. The van der Waals surface area contributed by atoms with Crippen molar-refractivity contribution in [3.05, 3.63) is 0 Å². The topological polar surface area (TPSA) is 3.24 Å². The largest absolute Gasteiger partial charge is 0.303 e. The third-order valence-electron chi connectivity index (χ3n) is 7.29. The Balaban J connectivity index is 2.15. The molecule has 0 heterocycles. The fraction of sp³-hybridized carbons (Fsp3) is 1.00. The van der Waals surface area contributed by atoms with Gasteiger partial charge in [0, 0.05) is 5.54 Å². The van der Waals surface area contributed by atoms with E-state index in [0.717, 1.165) is 5.92 Å². The van der Waals surface area contributed by atoms with E-state index in [0.29, 0.717) is 21.8 Å². The molecule has 0 aromatic heterocycles.